The van der Waals surface area contributed by atoms with Crippen LogP contribution in [-0.2, 0) is 0 Å². The maximum absolute atomic E-state index is 12.9. The molecule has 1 atom stereocenters. The molecule has 32 heavy (non-hydrogen) atoms. The maximum Gasteiger partial charge on any atom is 0.322 e. The first kappa shape index (κ1) is 21.6. The zero-order valence-corrected chi connectivity index (χ0v) is 18.9. The summed E-state index contributed by atoms with van der Waals surface area (Å²) in [4.78, 5) is 19.3. The highest BCUT2D eigenvalue weighted by molar-refractivity contribution is 5.86. The molecular weight excluding hydrogens is 404 g/mol. The molecular formula is C25H28N4O3. The molecule has 0 fully saturated rings. The molecule has 0 bridgehead atoms. The Morgan fingerprint density at radius 1 is 1.12 bits per heavy atom. The largest absolute Gasteiger partial charge is 0.494 e. The number of carbonyl (C=O) groups is 1. The van der Waals surface area contributed by atoms with E-state index in [9.17, 15) is 4.79 Å². The van der Waals surface area contributed by atoms with E-state index < -0.39 is 6.04 Å². The van der Waals surface area contributed by atoms with Crippen molar-refractivity contribution in [3.05, 3.63) is 71.2 Å². The zero-order chi connectivity index (χ0) is 22.7. The Balaban J connectivity index is 1.77. The summed E-state index contributed by atoms with van der Waals surface area (Å²) >= 11 is 0. The van der Waals surface area contributed by atoms with Crippen LogP contribution in [0.15, 0.2) is 58.8 Å². The molecule has 1 aromatic heterocycles. The topological polar surface area (TPSA) is 80.5 Å². The van der Waals surface area contributed by atoms with Gasteiger partial charge < -0.3 is 14.6 Å². The van der Waals surface area contributed by atoms with Crippen molar-refractivity contribution in [1.29, 1.82) is 0 Å². The Morgan fingerprint density at radius 2 is 1.91 bits per heavy atom. The van der Waals surface area contributed by atoms with Crippen LogP contribution in [0.3, 0.4) is 0 Å². The molecule has 0 saturated carbocycles. The van der Waals surface area contributed by atoms with Crippen molar-refractivity contribution >= 4 is 11.6 Å². The van der Waals surface area contributed by atoms with E-state index >= 15 is 0 Å². The lowest BCUT2D eigenvalue weighted by atomic mass is 9.94. The molecule has 1 aliphatic rings. The average molecular weight is 433 g/mol. The smallest absolute Gasteiger partial charge is 0.322 e. The van der Waals surface area contributed by atoms with Gasteiger partial charge in [-0.15, -0.1) is 0 Å². The summed E-state index contributed by atoms with van der Waals surface area (Å²) in [5.41, 5.74) is 4.54. The third kappa shape index (κ3) is 4.23. The number of benzene rings is 2. The Hall–Kier alpha value is -3.61. The summed E-state index contributed by atoms with van der Waals surface area (Å²) in [7, 11) is 0. The van der Waals surface area contributed by atoms with Crippen molar-refractivity contribution < 1.29 is 14.1 Å². The summed E-state index contributed by atoms with van der Waals surface area (Å²) < 4.78 is 11.3. The predicted octanol–water partition coefficient (Wildman–Crippen LogP) is 5.35. The van der Waals surface area contributed by atoms with Crippen molar-refractivity contribution in [2.75, 3.05) is 13.2 Å². The van der Waals surface area contributed by atoms with Gasteiger partial charge in [0.1, 0.15) is 5.75 Å². The van der Waals surface area contributed by atoms with Crippen molar-refractivity contribution in [3.63, 3.8) is 0 Å². The Kier molecular flexibility index (Phi) is 6.25. The first-order valence-corrected chi connectivity index (χ1v) is 10.9. The lowest BCUT2D eigenvalue weighted by Crippen LogP contribution is -2.46. The van der Waals surface area contributed by atoms with Gasteiger partial charge in [0.25, 0.3) is 5.89 Å². The number of allylic oxidation sites excluding steroid dienone is 1. The van der Waals surface area contributed by atoms with Gasteiger partial charge in [0, 0.05) is 17.8 Å². The number of carbonyl (C=O) groups excluding carboxylic acids is 1. The van der Waals surface area contributed by atoms with Gasteiger partial charge in [-0.05, 0) is 51.0 Å². The molecule has 4 rings (SSSR count). The molecule has 0 spiro atoms. The molecule has 166 valence electrons. The molecule has 7 heteroatoms. The number of amides is 2. The highest BCUT2D eigenvalue weighted by atomic mass is 16.5. The quantitative estimate of drug-likeness (QED) is 0.544. The van der Waals surface area contributed by atoms with E-state index in [1.54, 1.807) is 4.90 Å². The van der Waals surface area contributed by atoms with Crippen molar-refractivity contribution in [2.45, 2.75) is 40.2 Å². The fourth-order valence-corrected chi connectivity index (χ4v) is 3.96. The van der Waals surface area contributed by atoms with Gasteiger partial charge in [0.2, 0.25) is 5.82 Å². The summed E-state index contributed by atoms with van der Waals surface area (Å²) in [6, 6.07) is 15.2. The summed E-state index contributed by atoms with van der Waals surface area (Å²) in [6.07, 6.45) is 0.837. The van der Waals surface area contributed by atoms with Gasteiger partial charge in [-0.2, -0.15) is 4.98 Å². The first-order valence-electron chi connectivity index (χ1n) is 10.9. The molecule has 2 heterocycles. The van der Waals surface area contributed by atoms with Crippen LogP contribution < -0.4 is 10.1 Å². The lowest BCUT2D eigenvalue weighted by molar-refractivity contribution is 0.205. The van der Waals surface area contributed by atoms with Crippen molar-refractivity contribution in [1.82, 2.24) is 20.4 Å². The number of hydrogen-bond acceptors (Lipinski definition) is 5. The number of ether oxygens (including phenoxy) is 1. The Bertz CT molecular complexity index is 1130. The third-order valence-corrected chi connectivity index (χ3v) is 5.50. The SMILES string of the molecule is CCCN1C(=O)NC(c2ccc(OCC)cc2)C(c2nc(-c3cccc(C)c3)no2)=C1C. The van der Waals surface area contributed by atoms with Gasteiger partial charge in [-0.1, -0.05) is 48.0 Å². The maximum atomic E-state index is 12.9. The molecule has 0 radical (unpaired) electrons. The Morgan fingerprint density at radius 3 is 2.59 bits per heavy atom. The van der Waals surface area contributed by atoms with Crippen molar-refractivity contribution in [3.8, 4) is 17.1 Å². The fraction of sp³-hybridized carbons (Fsp3) is 0.320. The van der Waals surface area contributed by atoms with Crippen LogP contribution in [0.25, 0.3) is 17.0 Å². The van der Waals surface area contributed by atoms with Gasteiger partial charge in [-0.25, -0.2) is 4.79 Å². The number of nitrogens with zero attached hydrogens (tertiary/aromatic N) is 3. The molecule has 2 aromatic carbocycles. The van der Waals surface area contributed by atoms with Crippen LogP contribution in [0, 0.1) is 6.92 Å². The lowest BCUT2D eigenvalue weighted by Gasteiger charge is -2.35. The summed E-state index contributed by atoms with van der Waals surface area (Å²) in [5, 5.41) is 7.34. The van der Waals surface area contributed by atoms with E-state index in [1.165, 1.54) is 0 Å². The van der Waals surface area contributed by atoms with E-state index in [2.05, 4.69) is 10.5 Å². The molecule has 1 N–H and O–H groups in total. The number of rotatable bonds is 7. The number of aromatic nitrogens is 2. The Labute approximate surface area is 188 Å². The minimum Gasteiger partial charge on any atom is -0.494 e. The minimum atomic E-state index is -0.405. The number of urea groups is 1. The zero-order valence-electron chi connectivity index (χ0n) is 18.9. The van der Waals surface area contributed by atoms with E-state index in [4.69, 9.17) is 14.2 Å². The second kappa shape index (κ2) is 9.26. The standard InChI is InChI=1S/C25H28N4O3/c1-5-14-29-17(4)21(24-27-23(28-32-24)19-9-7-8-16(3)15-19)22(26-25(29)30)18-10-12-20(13-11-18)31-6-2/h7-13,15,22H,5-6,14H2,1-4H3,(H,26,30). The van der Waals surface area contributed by atoms with E-state index in [-0.39, 0.29) is 6.03 Å². The average Bonchev–Trinajstić information content (AvgIpc) is 3.27. The third-order valence-electron chi connectivity index (χ3n) is 5.50. The van der Waals surface area contributed by atoms with Gasteiger partial charge in [0.05, 0.1) is 18.2 Å². The van der Waals surface area contributed by atoms with Crippen LogP contribution in [0.4, 0.5) is 4.79 Å². The second-order valence-electron chi connectivity index (χ2n) is 7.83. The monoisotopic (exact) mass is 432 g/mol. The number of nitrogens with one attached hydrogen (secondary N) is 1. The molecule has 0 aliphatic carbocycles. The van der Waals surface area contributed by atoms with Crippen LogP contribution in [0.5, 0.6) is 5.75 Å². The molecule has 1 aliphatic heterocycles. The first-order chi connectivity index (χ1) is 15.5. The van der Waals surface area contributed by atoms with E-state index in [1.807, 2.05) is 76.2 Å². The number of aryl methyl sites for hydroxylation is 1. The van der Waals surface area contributed by atoms with Crippen LogP contribution in [-0.4, -0.2) is 34.2 Å². The molecule has 7 nitrogen and oxygen atoms in total. The van der Waals surface area contributed by atoms with Crippen LogP contribution in [0.2, 0.25) is 0 Å². The van der Waals surface area contributed by atoms with Crippen molar-refractivity contribution in [2.24, 2.45) is 0 Å². The molecule has 2 amide bonds. The number of hydrogen-bond donors (Lipinski definition) is 1. The predicted molar refractivity (Wildman–Crippen MR) is 123 cm³/mol. The normalized spacial score (nSPS) is 16.3. The highest BCUT2D eigenvalue weighted by Gasteiger charge is 2.35. The summed E-state index contributed by atoms with van der Waals surface area (Å²) in [5.74, 6) is 1.71. The van der Waals surface area contributed by atoms with Gasteiger partial charge in [0.15, 0.2) is 0 Å². The van der Waals surface area contributed by atoms with Gasteiger partial charge >= 0.3 is 6.03 Å². The van der Waals surface area contributed by atoms with Crippen LogP contribution >= 0.6 is 0 Å². The minimum absolute atomic E-state index is 0.134. The van der Waals surface area contributed by atoms with Crippen LogP contribution in [0.1, 0.15) is 50.3 Å². The fourth-order valence-electron chi connectivity index (χ4n) is 3.96. The summed E-state index contributed by atoms with van der Waals surface area (Å²) in [6.45, 7) is 9.15. The second-order valence-corrected chi connectivity index (χ2v) is 7.83. The molecule has 0 saturated heterocycles. The van der Waals surface area contributed by atoms with E-state index in [0.717, 1.165) is 40.1 Å². The molecule has 3 aromatic rings. The molecule has 1 unspecified atom stereocenters. The highest BCUT2D eigenvalue weighted by Crippen LogP contribution is 2.37. The van der Waals surface area contributed by atoms with E-state index in [0.29, 0.717) is 24.9 Å². The van der Waals surface area contributed by atoms with Gasteiger partial charge in [-0.3, -0.25) is 4.90 Å².